The van der Waals surface area contributed by atoms with Crippen LogP contribution in [-0.4, -0.2) is 17.1 Å². The standard InChI is InChI=1S/C8H9Br2F.CH3NO/c9-5-8(6-10)3-1-7(11)2-4-8;2-1-3/h1-3H,4-6H2;1H,(H2,2,3). The van der Waals surface area contributed by atoms with Gasteiger partial charge in [-0.2, -0.15) is 0 Å². The summed E-state index contributed by atoms with van der Waals surface area (Å²) in [6.07, 6.45) is 6.10. The predicted molar refractivity (Wildman–Crippen MR) is 63.2 cm³/mol. The van der Waals surface area contributed by atoms with Gasteiger partial charge in [-0.15, -0.1) is 0 Å². The van der Waals surface area contributed by atoms with Crippen LogP contribution in [0.25, 0.3) is 0 Å². The van der Waals surface area contributed by atoms with E-state index in [1.807, 2.05) is 6.08 Å². The van der Waals surface area contributed by atoms with Crippen LogP contribution in [0.5, 0.6) is 0 Å². The first-order chi connectivity index (χ1) is 6.64. The monoisotopic (exact) mass is 327 g/mol. The van der Waals surface area contributed by atoms with E-state index >= 15 is 0 Å². The van der Waals surface area contributed by atoms with Crippen molar-refractivity contribution in [1.29, 1.82) is 0 Å². The van der Waals surface area contributed by atoms with Gasteiger partial charge >= 0.3 is 0 Å². The molecule has 1 amide bonds. The number of hydrogen-bond acceptors (Lipinski definition) is 1. The zero-order valence-electron chi connectivity index (χ0n) is 7.55. The van der Waals surface area contributed by atoms with Crippen LogP contribution in [0.4, 0.5) is 4.39 Å². The Morgan fingerprint density at radius 3 is 2.36 bits per heavy atom. The largest absolute Gasteiger partial charge is 0.372 e. The highest BCUT2D eigenvalue weighted by atomic mass is 79.9. The molecule has 1 aliphatic rings. The number of halogens is 3. The second-order valence-electron chi connectivity index (χ2n) is 2.89. The SMILES string of the molecule is FC1=CCC(CBr)(CBr)C=C1.NC=O. The molecule has 0 fully saturated rings. The molecule has 0 aliphatic heterocycles. The second kappa shape index (κ2) is 7.17. The summed E-state index contributed by atoms with van der Waals surface area (Å²) in [5.74, 6) is -0.123. The molecular weight excluding hydrogens is 317 g/mol. The number of rotatable bonds is 2. The minimum absolute atomic E-state index is 0.0790. The highest BCUT2D eigenvalue weighted by molar-refractivity contribution is 9.09. The molecule has 0 aromatic carbocycles. The van der Waals surface area contributed by atoms with E-state index in [-0.39, 0.29) is 17.7 Å². The van der Waals surface area contributed by atoms with Crippen molar-refractivity contribution >= 4 is 38.3 Å². The zero-order valence-corrected chi connectivity index (χ0v) is 10.7. The number of alkyl halides is 2. The summed E-state index contributed by atoms with van der Waals surface area (Å²) in [4.78, 5) is 8.58. The molecule has 0 saturated carbocycles. The first-order valence-corrected chi connectivity index (χ1v) is 6.20. The smallest absolute Gasteiger partial charge is 0.204 e. The van der Waals surface area contributed by atoms with E-state index in [1.165, 1.54) is 6.08 Å². The van der Waals surface area contributed by atoms with Crippen molar-refractivity contribution in [3.63, 3.8) is 0 Å². The molecule has 80 valence electrons. The third-order valence-electron chi connectivity index (χ3n) is 1.83. The van der Waals surface area contributed by atoms with Gasteiger partial charge in [0.25, 0.3) is 0 Å². The van der Waals surface area contributed by atoms with Gasteiger partial charge in [0.05, 0.1) is 0 Å². The lowest BCUT2D eigenvalue weighted by Crippen LogP contribution is -2.22. The molecule has 0 radical (unpaired) electrons. The van der Waals surface area contributed by atoms with E-state index in [0.717, 1.165) is 17.1 Å². The van der Waals surface area contributed by atoms with Gasteiger partial charge < -0.3 is 5.73 Å². The van der Waals surface area contributed by atoms with Crippen molar-refractivity contribution in [2.24, 2.45) is 11.1 Å². The molecule has 0 aromatic heterocycles. The highest BCUT2D eigenvalue weighted by Gasteiger charge is 2.25. The number of carbonyl (C=O) groups is 1. The molecule has 1 rings (SSSR count). The summed E-state index contributed by atoms with van der Waals surface area (Å²) in [5, 5.41) is 1.73. The van der Waals surface area contributed by atoms with Crippen molar-refractivity contribution in [2.75, 3.05) is 10.7 Å². The van der Waals surface area contributed by atoms with Gasteiger partial charge in [0.1, 0.15) is 5.83 Å². The third-order valence-corrected chi connectivity index (χ3v) is 4.07. The summed E-state index contributed by atoms with van der Waals surface area (Å²) in [7, 11) is 0. The molecule has 1 aliphatic carbocycles. The molecule has 14 heavy (non-hydrogen) atoms. The number of amides is 1. The first-order valence-electron chi connectivity index (χ1n) is 3.96. The minimum atomic E-state index is -0.123. The fourth-order valence-corrected chi connectivity index (χ4v) is 2.69. The van der Waals surface area contributed by atoms with Crippen LogP contribution in [0.3, 0.4) is 0 Å². The highest BCUT2D eigenvalue weighted by Crippen LogP contribution is 2.33. The van der Waals surface area contributed by atoms with Crippen LogP contribution >= 0.6 is 31.9 Å². The molecule has 5 heteroatoms. The first kappa shape index (κ1) is 13.8. The van der Waals surface area contributed by atoms with Gasteiger partial charge in [0, 0.05) is 16.1 Å². The fraction of sp³-hybridized carbons (Fsp3) is 0.444. The second-order valence-corrected chi connectivity index (χ2v) is 4.01. The van der Waals surface area contributed by atoms with Gasteiger partial charge in [-0.1, -0.05) is 37.9 Å². The van der Waals surface area contributed by atoms with Gasteiger partial charge in [-0.3, -0.25) is 4.79 Å². The van der Waals surface area contributed by atoms with Gasteiger partial charge in [-0.25, -0.2) is 4.39 Å². The molecule has 0 spiro atoms. The van der Waals surface area contributed by atoms with Crippen LogP contribution < -0.4 is 5.73 Å². The van der Waals surface area contributed by atoms with E-state index < -0.39 is 0 Å². The molecule has 0 aromatic rings. The normalized spacial score (nSPS) is 17.8. The third kappa shape index (κ3) is 4.37. The fourth-order valence-electron chi connectivity index (χ4n) is 0.927. The Labute approximate surface area is 99.7 Å². The minimum Gasteiger partial charge on any atom is -0.372 e. The summed E-state index contributed by atoms with van der Waals surface area (Å²) < 4.78 is 12.5. The lowest BCUT2D eigenvalue weighted by Gasteiger charge is -2.26. The summed E-state index contributed by atoms with van der Waals surface area (Å²) >= 11 is 6.83. The Morgan fingerprint density at radius 2 is 2.07 bits per heavy atom. The molecule has 0 atom stereocenters. The van der Waals surface area contributed by atoms with E-state index in [4.69, 9.17) is 4.79 Å². The topological polar surface area (TPSA) is 43.1 Å². The summed E-state index contributed by atoms with van der Waals surface area (Å²) in [6, 6.07) is 0. The Morgan fingerprint density at radius 1 is 1.57 bits per heavy atom. The summed E-state index contributed by atoms with van der Waals surface area (Å²) in [6.45, 7) is 0. The lowest BCUT2D eigenvalue weighted by molar-refractivity contribution is -0.106. The van der Waals surface area contributed by atoms with Crippen molar-refractivity contribution in [2.45, 2.75) is 6.42 Å². The Kier molecular flexibility index (Phi) is 7.09. The number of allylic oxidation sites excluding steroid dienone is 4. The van der Waals surface area contributed by atoms with Gasteiger partial charge in [0.15, 0.2) is 0 Å². The quantitative estimate of drug-likeness (QED) is 0.614. The zero-order chi connectivity index (χ0) is 11.0. The predicted octanol–water partition coefficient (Wildman–Crippen LogP) is 2.68. The van der Waals surface area contributed by atoms with E-state index in [0.29, 0.717) is 0 Å². The van der Waals surface area contributed by atoms with Crippen LogP contribution in [0.15, 0.2) is 24.1 Å². The number of hydrogen-bond donors (Lipinski definition) is 1. The molecule has 0 saturated heterocycles. The van der Waals surface area contributed by atoms with E-state index in [1.54, 1.807) is 6.08 Å². The number of primary amides is 1. The van der Waals surface area contributed by atoms with Gasteiger partial charge in [0.2, 0.25) is 6.41 Å². The molecule has 2 nitrogen and oxygen atoms in total. The Hall–Kier alpha value is -0.160. The molecule has 0 bridgehead atoms. The maximum atomic E-state index is 12.5. The molecule has 2 N–H and O–H groups in total. The van der Waals surface area contributed by atoms with Crippen molar-refractivity contribution in [1.82, 2.24) is 0 Å². The van der Waals surface area contributed by atoms with Crippen LogP contribution in [-0.2, 0) is 4.79 Å². The average Bonchev–Trinajstić information content (AvgIpc) is 2.21. The van der Waals surface area contributed by atoms with Crippen LogP contribution in [0, 0.1) is 5.41 Å². The van der Waals surface area contributed by atoms with Crippen molar-refractivity contribution < 1.29 is 9.18 Å². The maximum Gasteiger partial charge on any atom is 0.204 e. The van der Waals surface area contributed by atoms with Crippen molar-refractivity contribution in [3.05, 3.63) is 24.1 Å². The van der Waals surface area contributed by atoms with Crippen molar-refractivity contribution in [3.8, 4) is 0 Å². The van der Waals surface area contributed by atoms with E-state index in [2.05, 4.69) is 37.6 Å². The Bertz CT molecular complexity index is 237. The Balaban J connectivity index is 0.000000500. The van der Waals surface area contributed by atoms with E-state index in [9.17, 15) is 4.39 Å². The van der Waals surface area contributed by atoms with Crippen LogP contribution in [0.1, 0.15) is 6.42 Å². The van der Waals surface area contributed by atoms with Gasteiger partial charge in [-0.05, 0) is 18.6 Å². The molecule has 0 heterocycles. The lowest BCUT2D eigenvalue weighted by atomic mass is 9.86. The molecule has 0 unspecified atom stereocenters. The number of nitrogens with two attached hydrogens (primary N) is 1. The molecular formula is C9H12Br2FNO. The average molecular weight is 329 g/mol. The summed E-state index contributed by atoms with van der Waals surface area (Å²) in [5.41, 5.74) is 4.25. The maximum absolute atomic E-state index is 12.5. The number of carbonyl (C=O) groups excluding carboxylic acids is 1. The van der Waals surface area contributed by atoms with Crippen LogP contribution in [0.2, 0.25) is 0 Å².